The maximum absolute atomic E-state index is 5.53. The van der Waals surface area contributed by atoms with Crippen molar-refractivity contribution in [2.24, 2.45) is 0 Å². The first-order valence-corrected chi connectivity index (χ1v) is 12.0. The van der Waals surface area contributed by atoms with Crippen molar-refractivity contribution in [3.63, 3.8) is 0 Å². The summed E-state index contributed by atoms with van der Waals surface area (Å²) < 4.78 is 16.6. The first-order chi connectivity index (χ1) is 10.1. The highest BCUT2D eigenvalue weighted by Gasteiger charge is 2.37. The quantitative estimate of drug-likeness (QED) is 0.375. The lowest BCUT2D eigenvalue weighted by Crippen LogP contribution is -2.52. The highest BCUT2D eigenvalue weighted by molar-refractivity contribution is 6.62. The van der Waals surface area contributed by atoms with Gasteiger partial charge in [-0.3, -0.25) is 9.80 Å². The zero-order chi connectivity index (χ0) is 16.3. The van der Waals surface area contributed by atoms with Gasteiger partial charge in [0.25, 0.3) is 0 Å². The highest BCUT2D eigenvalue weighted by Crippen LogP contribution is 2.17. The molecular weight excluding hydrogens is 300 g/mol. The van der Waals surface area contributed by atoms with E-state index in [2.05, 4.69) is 37.5 Å². The van der Waals surface area contributed by atoms with Crippen molar-refractivity contribution in [2.75, 3.05) is 47.5 Å². The van der Waals surface area contributed by atoms with E-state index in [0.717, 1.165) is 32.2 Å². The lowest BCUT2D eigenvalue weighted by Gasteiger charge is -2.38. The first kappa shape index (κ1) is 21.2. The normalized spacial score (nSPS) is 13.4. The van der Waals surface area contributed by atoms with Crippen LogP contribution in [-0.4, -0.2) is 81.4 Å². The molecule has 0 aromatic rings. The van der Waals surface area contributed by atoms with Gasteiger partial charge in [0.15, 0.2) is 0 Å². The van der Waals surface area contributed by atoms with Crippen LogP contribution in [0, 0.1) is 0 Å². The molecule has 0 bridgehead atoms. The summed E-state index contributed by atoms with van der Waals surface area (Å²) in [5.74, 6) is 0.632. The second-order valence-electron chi connectivity index (χ2n) is 5.11. The summed E-state index contributed by atoms with van der Waals surface area (Å²) in [4.78, 5) is 5.18. The Morgan fingerprint density at radius 3 is 1.48 bits per heavy atom. The van der Waals surface area contributed by atoms with Crippen molar-refractivity contribution in [1.29, 1.82) is 0 Å². The van der Waals surface area contributed by atoms with Gasteiger partial charge in [-0.15, -0.1) is 0 Å². The second-order valence-corrected chi connectivity index (χ2v) is 10.2. The Morgan fingerprint density at radius 1 is 0.810 bits per heavy atom. The van der Waals surface area contributed by atoms with Gasteiger partial charge in [0.1, 0.15) is 0 Å². The third-order valence-electron chi connectivity index (χ3n) is 4.35. The van der Waals surface area contributed by atoms with E-state index in [-0.39, 0.29) is 9.52 Å². The zero-order valence-electron chi connectivity index (χ0n) is 15.1. The van der Waals surface area contributed by atoms with E-state index in [4.69, 9.17) is 13.3 Å². The minimum Gasteiger partial charge on any atom is -0.377 e. The van der Waals surface area contributed by atoms with E-state index in [9.17, 15) is 0 Å². The molecule has 0 saturated carbocycles. The van der Waals surface area contributed by atoms with Crippen LogP contribution in [0.4, 0.5) is 0 Å². The molecule has 0 aliphatic carbocycles. The minimum absolute atomic E-state index is 0.275. The van der Waals surface area contributed by atoms with Crippen LogP contribution in [0.2, 0.25) is 12.1 Å². The van der Waals surface area contributed by atoms with Crippen LogP contribution < -0.4 is 0 Å². The van der Waals surface area contributed by atoms with Crippen LogP contribution in [0.25, 0.3) is 0 Å². The van der Waals surface area contributed by atoms with Crippen molar-refractivity contribution in [3.05, 3.63) is 0 Å². The van der Waals surface area contributed by atoms with Gasteiger partial charge in [-0.25, -0.2) is 0 Å². The number of nitrogens with zero attached hydrogens (tertiary/aromatic N) is 2. The Bertz CT molecular complexity index is 228. The third-order valence-corrected chi connectivity index (χ3v) is 10.2. The molecule has 128 valence electrons. The van der Waals surface area contributed by atoms with Crippen molar-refractivity contribution in [2.45, 2.75) is 45.6 Å². The SMILES string of the molecule is CCN(CC)C([SiH2]CC[Si](OC)(OC)OC)N(CC)CC. The molecule has 5 nitrogen and oxygen atoms in total. The average Bonchev–Trinajstić information content (AvgIpc) is 2.53. The zero-order valence-corrected chi connectivity index (χ0v) is 17.6. The van der Waals surface area contributed by atoms with Crippen LogP contribution in [-0.2, 0) is 13.3 Å². The maximum atomic E-state index is 5.53. The van der Waals surface area contributed by atoms with Gasteiger partial charge in [0.2, 0.25) is 0 Å². The fourth-order valence-corrected chi connectivity index (χ4v) is 8.73. The number of rotatable bonds is 13. The van der Waals surface area contributed by atoms with Crippen molar-refractivity contribution >= 4 is 18.3 Å². The largest absolute Gasteiger partial charge is 0.499 e. The maximum Gasteiger partial charge on any atom is 0.499 e. The summed E-state index contributed by atoms with van der Waals surface area (Å²) in [6.07, 6.45) is 0. The Labute approximate surface area is 135 Å². The predicted octanol–water partition coefficient (Wildman–Crippen LogP) is 1.42. The molecule has 0 spiro atoms. The molecule has 0 rings (SSSR count). The Balaban J connectivity index is 4.68. The molecule has 0 atom stereocenters. The molecule has 0 radical (unpaired) electrons. The molecule has 0 aliphatic rings. The molecular formula is C14H36N2O3Si2. The van der Waals surface area contributed by atoms with Gasteiger partial charge in [-0.1, -0.05) is 33.7 Å². The van der Waals surface area contributed by atoms with Gasteiger partial charge in [-0.05, 0) is 26.2 Å². The smallest absolute Gasteiger partial charge is 0.377 e. The number of hydrogen-bond acceptors (Lipinski definition) is 5. The fraction of sp³-hybridized carbons (Fsp3) is 1.00. The van der Waals surface area contributed by atoms with Gasteiger partial charge in [-0.2, -0.15) is 0 Å². The van der Waals surface area contributed by atoms with E-state index in [1.54, 1.807) is 21.3 Å². The summed E-state index contributed by atoms with van der Waals surface area (Å²) >= 11 is 0. The van der Waals surface area contributed by atoms with E-state index in [0.29, 0.717) is 5.79 Å². The summed E-state index contributed by atoms with van der Waals surface area (Å²) in [5, 5.41) is 0. The van der Waals surface area contributed by atoms with E-state index in [1.807, 2.05) is 0 Å². The molecule has 0 fully saturated rings. The first-order valence-electron chi connectivity index (χ1n) is 8.21. The van der Waals surface area contributed by atoms with Crippen LogP contribution >= 0.6 is 0 Å². The van der Waals surface area contributed by atoms with Crippen molar-refractivity contribution in [3.8, 4) is 0 Å². The summed E-state index contributed by atoms with van der Waals surface area (Å²) in [6.45, 7) is 13.5. The molecule has 0 aromatic carbocycles. The summed E-state index contributed by atoms with van der Waals surface area (Å²) in [6, 6.07) is 2.13. The topological polar surface area (TPSA) is 34.2 Å². The van der Waals surface area contributed by atoms with Crippen LogP contribution in [0.5, 0.6) is 0 Å². The standard InChI is InChI=1S/C14H36N2O3Si2/c1-8-15(9-2)14(16(10-3)11-4)20-12-13-21(17-5,18-6)19-7/h14H,8-13,20H2,1-7H3. The molecule has 7 heteroatoms. The van der Waals surface area contributed by atoms with E-state index in [1.165, 1.54) is 6.04 Å². The van der Waals surface area contributed by atoms with Crippen molar-refractivity contribution in [1.82, 2.24) is 9.80 Å². The Hall–Kier alpha value is 0.234. The molecule has 0 amide bonds. The third kappa shape index (κ3) is 6.47. The predicted molar refractivity (Wildman–Crippen MR) is 94.6 cm³/mol. The monoisotopic (exact) mass is 336 g/mol. The molecule has 21 heavy (non-hydrogen) atoms. The van der Waals surface area contributed by atoms with Crippen LogP contribution in [0.1, 0.15) is 27.7 Å². The Morgan fingerprint density at radius 2 is 1.19 bits per heavy atom. The minimum atomic E-state index is -2.40. The number of hydrogen-bond donors (Lipinski definition) is 0. The molecule has 0 unspecified atom stereocenters. The fourth-order valence-electron chi connectivity index (χ4n) is 2.94. The average molecular weight is 337 g/mol. The van der Waals surface area contributed by atoms with Crippen LogP contribution in [0.15, 0.2) is 0 Å². The van der Waals surface area contributed by atoms with Crippen molar-refractivity contribution < 1.29 is 13.3 Å². The lowest BCUT2D eigenvalue weighted by molar-refractivity contribution is 0.113. The molecule has 0 heterocycles. The van der Waals surface area contributed by atoms with E-state index >= 15 is 0 Å². The van der Waals surface area contributed by atoms with Gasteiger partial charge in [0, 0.05) is 33.2 Å². The summed E-state index contributed by atoms with van der Waals surface area (Å²) in [7, 11) is 2.43. The second kappa shape index (κ2) is 11.8. The van der Waals surface area contributed by atoms with Gasteiger partial charge < -0.3 is 13.3 Å². The van der Waals surface area contributed by atoms with E-state index < -0.39 is 8.80 Å². The molecule has 0 aliphatic heterocycles. The highest BCUT2D eigenvalue weighted by atomic mass is 28.4. The van der Waals surface area contributed by atoms with Crippen LogP contribution in [0.3, 0.4) is 0 Å². The molecule has 0 aromatic heterocycles. The van der Waals surface area contributed by atoms with Gasteiger partial charge in [0.05, 0.1) is 9.52 Å². The molecule has 0 N–H and O–H groups in total. The summed E-state index contributed by atoms with van der Waals surface area (Å²) in [5.41, 5.74) is 0. The Kier molecular flexibility index (Phi) is 11.9. The van der Waals surface area contributed by atoms with Gasteiger partial charge >= 0.3 is 8.80 Å². The molecule has 0 saturated heterocycles. The lowest BCUT2D eigenvalue weighted by atomic mass is 10.5.